The number of hydrogen-bond acceptors (Lipinski definition) is 4. The molecule has 1 aliphatic heterocycles. The molecule has 0 radical (unpaired) electrons. The molecule has 1 aliphatic carbocycles. The van der Waals surface area contributed by atoms with Crippen LogP contribution in [0.5, 0.6) is 0 Å². The van der Waals surface area contributed by atoms with Gasteiger partial charge in [0.1, 0.15) is 17.2 Å². The van der Waals surface area contributed by atoms with Gasteiger partial charge in [-0.3, -0.25) is 14.3 Å². The molecule has 7 nitrogen and oxygen atoms in total. The van der Waals surface area contributed by atoms with E-state index in [2.05, 4.69) is 11.7 Å². The average molecular weight is 416 g/mol. The highest BCUT2D eigenvalue weighted by atomic mass is 19.1. The SMILES string of the molecule is C=CC(=O)N1CCCC1.Cn1ncc(C(N)=O)c1N.Fc1ccc2c(c1)CCCC2. The summed E-state index contributed by atoms with van der Waals surface area (Å²) >= 11 is 0. The molecule has 1 saturated heterocycles. The van der Waals surface area contributed by atoms with E-state index in [1.165, 1.54) is 40.9 Å². The molecule has 4 rings (SSSR count). The van der Waals surface area contributed by atoms with E-state index < -0.39 is 5.91 Å². The van der Waals surface area contributed by atoms with Crippen LogP contribution in [-0.2, 0) is 24.7 Å². The highest BCUT2D eigenvalue weighted by molar-refractivity contribution is 5.96. The molecular formula is C22H30FN5O2. The summed E-state index contributed by atoms with van der Waals surface area (Å²) in [6.45, 7) is 5.26. The third-order valence-corrected chi connectivity index (χ3v) is 5.15. The van der Waals surface area contributed by atoms with Crippen molar-refractivity contribution in [1.29, 1.82) is 0 Å². The van der Waals surface area contributed by atoms with Crippen molar-refractivity contribution in [3.05, 3.63) is 59.6 Å². The molecule has 0 bridgehead atoms. The number of nitrogens with zero attached hydrogens (tertiary/aromatic N) is 3. The third-order valence-electron chi connectivity index (χ3n) is 5.15. The minimum absolute atomic E-state index is 0.0764. The number of rotatable bonds is 2. The molecule has 2 aromatic rings. The summed E-state index contributed by atoms with van der Waals surface area (Å²) in [4.78, 5) is 23.2. The van der Waals surface area contributed by atoms with Crippen LogP contribution in [-0.4, -0.2) is 39.6 Å². The van der Waals surface area contributed by atoms with Crippen molar-refractivity contribution < 1.29 is 14.0 Å². The number of fused-ring (bicyclic) bond motifs is 1. The number of benzene rings is 1. The lowest BCUT2D eigenvalue weighted by molar-refractivity contribution is -0.124. The molecular weight excluding hydrogens is 385 g/mol. The quantitative estimate of drug-likeness (QED) is 0.735. The maximum Gasteiger partial charge on any atom is 0.254 e. The molecule has 1 aromatic heterocycles. The Morgan fingerprint density at radius 2 is 1.77 bits per heavy atom. The van der Waals surface area contributed by atoms with E-state index in [1.54, 1.807) is 19.2 Å². The van der Waals surface area contributed by atoms with E-state index in [1.807, 2.05) is 11.0 Å². The van der Waals surface area contributed by atoms with E-state index in [-0.39, 0.29) is 17.3 Å². The van der Waals surface area contributed by atoms with Gasteiger partial charge >= 0.3 is 0 Å². The van der Waals surface area contributed by atoms with Gasteiger partial charge in [-0.15, -0.1) is 0 Å². The van der Waals surface area contributed by atoms with Crippen molar-refractivity contribution in [3.8, 4) is 0 Å². The summed E-state index contributed by atoms with van der Waals surface area (Å²) < 4.78 is 14.1. The number of nitrogens with two attached hydrogens (primary N) is 2. The predicted molar refractivity (Wildman–Crippen MR) is 115 cm³/mol. The molecule has 0 spiro atoms. The Bertz CT molecular complexity index is 888. The number of halogens is 1. The number of likely N-dealkylation sites (tertiary alicyclic amines) is 1. The zero-order valence-electron chi connectivity index (χ0n) is 17.4. The van der Waals surface area contributed by atoms with Gasteiger partial charge in [0.2, 0.25) is 5.91 Å². The smallest absolute Gasteiger partial charge is 0.254 e. The second kappa shape index (κ2) is 11.1. The Balaban J connectivity index is 0.000000161. The van der Waals surface area contributed by atoms with Crippen molar-refractivity contribution in [2.75, 3.05) is 18.8 Å². The maximum atomic E-state index is 12.7. The van der Waals surface area contributed by atoms with E-state index in [9.17, 15) is 14.0 Å². The highest BCUT2D eigenvalue weighted by Gasteiger charge is 2.14. The van der Waals surface area contributed by atoms with Crippen LogP contribution in [0.4, 0.5) is 10.2 Å². The summed E-state index contributed by atoms with van der Waals surface area (Å²) in [6, 6.07) is 5.16. The van der Waals surface area contributed by atoms with Gasteiger partial charge < -0.3 is 16.4 Å². The van der Waals surface area contributed by atoms with Gasteiger partial charge in [-0.2, -0.15) is 5.10 Å². The van der Waals surface area contributed by atoms with Gasteiger partial charge in [0, 0.05) is 20.1 Å². The number of carbonyl (C=O) groups is 2. The summed E-state index contributed by atoms with van der Waals surface area (Å²) in [5.41, 5.74) is 13.2. The van der Waals surface area contributed by atoms with Crippen molar-refractivity contribution in [3.63, 3.8) is 0 Å². The molecule has 2 heterocycles. The summed E-state index contributed by atoms with van der Waals surface area (Å²) in [5.74, 6) is -0.267. The largest absolute Gasteiger partial charge is 0.383 e. The van der Waals surface area contributed by atoms with Gasteiger partial charge in [-0.1, -0.05) is 12.6 Å². The van der Waals surface area contributed by atoms with Gasteiger partial charge in [-0.25, -0.2) is 4.39 Å². The molecule has 8 heteroatoms. The fraction of sp³-hybridized carbons (Fsp3) is 0.409. The Morgan fingerprint density at radius 3 is 2.27 bits per heavy atom. The number of nitrogen functional groups attached to an aromatic ring is 1. The molecule has 0 unspecified atom stereocenters. The van der Waals surface area contributed by atoms with Crippen molar-refractivity contribution in [1.82, 2.24) is 14.7 Å². The minimum Gasteiger partial charge on any atom is -0.383 e. The fourth-order valence-corrected chi connectivity index (χ4v) is 3.41. The Morgan fingerprint density at radius 1 is 1.13 bits per heavy atom. The number of amides is 2. The van der Waals surface area contributed by atoms with Gasteiger partial charge in [0.05, 0.1) is 6.20 Å². The molecule has 2 amide bonds. The zero-order valence-corrected chi connectivity index (χ0v) is 17.4. The van der Waals surface area contributed by atoms with Crippen LogP contribution in [0.2, 0.25) is 0 Å². The van der Waals surface area contributed by atoms with Crippen molar-refractivity contribution >= 4 is 17.6 Å². The number of primary amides is 1. The average Bonchev–Trinajstić information content (AvgIpc) is 3.39. The first-order chi connectivity index (χ1) is 14.3. The van der Waals surface area contributed by atoms with Crippen LogP contribution in [0.1, 0.15) is 47.2 Å². The number of carbonyl (C=O) groups excluding carboxylic acids is 2. The zero-order chi connectivity index (χ0) is 22.1. The van der Waals surface area contributed by atoms with E-state index in [4.69, 9.17) is 11.5 Å². The first-order valence-electron chi connectivity index (χ1n) is 10.1. The minimum atomic E-state index is -0.550. The molecule has 1 aromatic carbocycles. The second-order valence-corrected chi connectivity index (χ2v) is 7.29. The first-order valence-corrected chi connectivity index (χ1v) is 10.1. The lowest BCUT2D eigenvalue weighted by Crippen LogP contribution is -2.25. The van der Waals surface area contributed by atoms with Crippen molar-refractivity contribution in [2.24, 2.45) is 12.8 Å². The van der Waals surface area contributed by atoms with Crippen LogP contribution < -0.4 is 11.5 Å². The third kappa shape index (κ3) is 6.43. The van der Waals surface area contributed by atoms with Crippen LogP contribution >= 0.6 is 0 Å². The van der Waals surface area contributed by atoms with Gasteiger partial charge in [-0.05, 0) is 67.9 Å². The highest BCUT2D eigenvalue weighted by Crippen LogP contribution is 2.21. The molecule has 2 aliphatic rings. The normalized spacial score (nSPS) is 14.5. The second-order valence-electron chi connectivity index (χ2n) is 7.29. The Labute approximate surface area is 176 Å². The van der Waals surface area contributed by atoms with Crippen LogP contribution in [0.25, 0.3) is 0 Å². The number of aryl methyl sites for hydroxylation is 3. The molecule has 4 N–H and O–H groups in total. The summed E-state index contributed by atoms with van der Waals surface area (Å²) in [7, 11) is 1.64. The molecule has 1 fully saturated rings. The summed E-state index contributed by atoms with van der Waals surface area (Å²) in [5, 5.41) is 3.73. The van der Waals surface area contributed by atoms with E-state index >= 15 is 0 Å². The predicted octanol–water partition coefficient (Wildman–Crippen LogP) is 2.60. The molecule has 0 saturated carbocycles. The van der Waals surface area contributed by atoms with Crippen LogP contribution in [0, 0.1) is 5.82 Å². The topological polar surface area (TPSA) is 107 Å². The number of anilines is 1. The van der Waals surface area contributed by atoms with E-state index in [0.29, 0.717) is 5.82 Å². The van der Waals surface area contributed by atoms with Crippen molar-refractivity contribution in [2.45, 2.75) is 38.5 Å². The molecule has 162 valence electrons. The number of hydrogen-bond donors (Lipinski definition) is 2. The van der Waals surface area contributed by atoms with E-state index in [0.717, 1.165) is 38.8 Å². The fourth-order valence-electron chi connectivity index (χ4n) is 3.41. The van der Waals surface area contributed by atoms with Crippen LogP contribution in [0.3, 0.4) is 0 Å². The standard InChI is InChI=1S/C10H11F.C7H11NO.C5H8N4O/c11-10-6-5-8-3-1-2-4-9(8)7-10;1-2-7(9)8-5-3-4-6-8;1-9-4(6)3(2-8-9)5(7)10/h5-7H,1-4H2;2H,1,3-6H2;2H,6H2,1H3,(H2,7,10). The lowest BCUT2D eigenvalue weighted by atomic mass is 9.92. The van der Waals surface area contributed by atoms with Crippen LogP contribution in [0.15, 0.2) is 37.1 Å². The number of aromatic nitrogens is 2. The molecule has 30 heavy (non-hydrogen) atoms. The first kappa shape index (κ1) is 23.1. The van der Waals surface area contributed by atoms with Gasteiger partial charge in [0.25, 0.3) is 5.91 Å². The molecule has 0 atom stereocenters. The monoisotopic (exact) mass is 415 g/mol. The van der Waals surface area contributed by atoms with Gasteiger partial charge in [0.15, 0.2) is 0 Å². The lowest BCUT2D eigenvalue weighted by Gasteiger charge is -2.14. The Hall–Kier alpha value is -3.16. The maximum absolute atomic E-state index is 12.7. The summed E-state index contributed by atoms with van der Waals surface area (Å²) in [6.07, 6.45) is 9.71. The Kier molecular flexibility index (Phi) is 8.58.